The van der Waals surface area contributed by atoms with Crippen molar-refractivity contribution >= 4 is 12.6 Å². The average molecular weight is 289 g/mol. The van der Waals surface area contributed by atoms with Gasteiger partial charge in [-0.1, -0.05) is 18.2 Å². The molecule has 0 fully saturated rings. The third-order valence-electron chi connectivity index (χ3n) is 2.84. The van der Waals surface area contributed by atoms with Crippen molar-refractivity contribution in [3.05, 3.63) is 59.2 Å². The fraction of sp³-hybridized carbons (Fsp3) is 0.0714. The summed E-state index contributed by atoms with van der Waals surface area (Å²) in [6, 6.07) is 9.13. The van der Waals surface area contributed by atoms with Crippen molar-refractivity contribution < 1.29 is 23.6 Å². The molecule has 106 valence electrons. The monoisotopic (exact) mass is 289 g/mol. The zero-order valence-corrected chi connectivity index (χ0v) is 10.8. The van der Waals surface area contributed by atoms with Gasteiger partial charge in [-0.05, 0) is 12.1 Å². The van der Waals surface area contributed by atoms with E-state index in [0.717, 1.165) is 18.2 Å². The quantitative estimate of drug-likeness (QED) is 0.826. The number of rotatable bonds is 4. The molecule has 0 amide bonds. The SMILES string of the molecule is N#Cc1cccc(COc2cc(F)ccc2B(O)O)c1F. The summed E-state index contributed by atoms with van der Waals surface area (Å²) in [5.41, 5.74) is -0.0531. The molecule has 0 atom stereocenters. The van der Waals surface area contributed by atoms with Crippen LogP contribution in [0.2, 0.25) is 0 Å². The van der Waals surface area contributed by atoms with E-state index in [1.165, 1.54) is 18.2 Å². The molecule has 0 aliphatic heterocycles. The van der Waals surface area contributed by atoms with Crippen LogP contribution in [0.1, 0.15) is 11.1 Å². The first-order chi connectivity index (χ1) is 10.0. The molecular weight excluding hydrogens is 279 g/mol. The highest BCUT2D eigenvalue weighted by molar-refractivity contribution is 6.59. The summed E-state index contributed by atoms with van der Waals surface area (Å²) in [6.07, 6.45) is 0. The Morgan fingerprint density at radius 3 is 2.62 bits per heavy atom. The highest BCUT2D eigenvalue weighted by Gasteiger charge is 2.18. The molecule has 0 saturated heterocycles. The largest absolute Gasteiger partial charge is 0.492 e. The molecule has 4 nitrogen and oxygen atoms in total. The Morgan fingerprint density at radius 1 is 1.19 bits per heavy atom. The van der Waals surface area contributed by atoms with E-state index in [1.807, 2.05) is 0 Å². The van der Waals surface area contributed by atoms with Gasteiger partial charge in [0.1, 0.15) is 30.1 Å². The van der Waals surface area contributed by atoms with Crippen LogP contribution in [0.3, 0.4) is 0 Å². The van der Waals surface area contributed by atoms with Crippen LogP contribution in [-0.2, 0) is 6.61 Å². The molecular formula is C14H10BF2NO3. The number of hydrogen-bond donors (Lipinski definition) is 2. The number of halogens is 2. The topological polar surface area (TPSA) is 73.5 Å². The third kappa shape index (κ3) is 3.37. The van der Waals surface area contributed by atoms with E-state index in [1.54, 1.807) is 6.07 Å². The van der Waals surface area contributed by atoms with Crippen molar-refractivity contribution in [1.82, 2.24) is 0 Å². The summed E-state index contributed by atoms with van der Waals surface area (Å²) in [4.78, 5) is 0. The number of nitriles is 1. The lowest BCUT2D eigenvalue weighted by atomic mass is 9.79. The van der Waals surface area contributed by atoms with Crippen LogP contribution >= 0.6 is 0 Å². The lowest BCUT2D eigenvalue weighted by Gasteiger charge is -2.12. The van der Waals surface area contributed by atoms with Gasteiger partial charge < -0.3 is 14.8 Å². The molecule has 0 aromatic heterocycles. The van der Waals surface area contributed by atoms with E-state index in [0.29, 0.717) is 0 Å². The van der Waals surface area contributed by atoms with Gasteiger partial charge in [-0.2, -0.15) is 5.26 Å². The number of benzene rings is 2. The summed E-state index contributed by atoms with van der Waals surface area (Å²) >= 11 is 0. The Morgan fingerprint density at radius 2 is 1.95 bits per heavy atom. The standard InChI is InChI=1S/C14H10BF2NO3/c16-11-4-5-12(15(19)20)13(6-11)21-8-10-3-1-2-9(7-18)14(10)17/h1-6,19-20H,8H2. The minimum Gasteiger partial charge on any atom is -0.489 e. The molecule has 2 aromatic carbocycles. The maximum absolute atomic E-state index is 13.8. The normalized spacial score (nSPS) is 10.0. The van der Waals surface area contributed by atoms with Gasteiger partial charge in [-0.15, -0.1) is 0 Å². The van der Waals surface area contributed by atoms with Crippen molar-refractivity contribution in [2.45, 2.75) is 6.61 Å². The second-order valence-electron chi connectivity index (χ2n) is 4.23. The van der Waals surface area contributed by atoms with E-state index in [9.17, 15) is 8.78 Å². The molecule has 2 N–H and O–H groups in total. The van der Waals surface area contributed by atoms with E-state index in [-0.39, 0.29) is 28.9 Å². The fourth-order valence-corrected chi connectivity index (χ4v) is 1.78. The molecule has 0 spiro atoms. The molecule has 0 aliphatic rings. The van der Waals surface area contributed by atoms with Crippen molar-refractivity contribution in [1.29, 1.82) is 5.26 Å². The van der Waals surface area contributed by atoms with Crippen LogP contribution in [0, 0.1) is 23.0 Å². The fourth-order valence-electron chi connectivity index (χ4n) is 1.78. The van der Waals surface area contributed by atoms with Crippen LogP contribution in [0.15, 0.2) is 36.4 Å². The van der Waals surface area contributed by atoms with Gasteiger partial charge in [-0.25, -0.2) is 8.78 Å². The Kier molecular flexibility index (Phi) is 4.53. The van der Waals surface area contributed by atoms with Crippen molar-refractivity contribution in [2.75, 3.05) is 0 Å². The minimum absolute atomic E-state index is 0.0340. The number of ether oxygens (including phenoxy) is 1. The Balaban J connectivity index is 2.25. The Bertz CT molecular complexity index is 701. The molecule has 0 heterocycles. The lowest BCUT2D eigenvalue weighted by molar-refractivity contribution is 0.299. The maximum Gasteiger partial charge on any atom is 0.492 e. The molecule has 0 aliphatic carbocycles. The molecule has 0 unspecified atom stereocenters. The second-order valence-corrected chi connectivity index (χ2v) is 4.23. The molecule has 0 bridgehead atoms. The van der Waals surface area contributed by atoms with E-state index < -0.39 is 18.8 Å². The number of hydrogen-bond acceptors (Lipinski definition) is 4. The van der Waals surface area contributed by atoms with Gasteiger partial charge in [0, 0.05) is 17.1 Å². The summed E-state index contributed by atoms with van der Waals surface area (Å²) in [6.45, 7) is -0.273. The van der Waals surface area contributed by atoms with Crippen molar-refractivity contribution in [3.8, 4) is 11.8 Å². The third-order valence-corrected chi connectivity index (χ3v) is 2.84. The lowest BCUT2D eigenvalue weighted by Crippen LogP contribution is -2.31. The second kappa shape index (κ2) is 6.35. The van der Waals surface area contributed by atoms with Crippen LogP contribution < -0.4 is 10.2 Å². The molecule has 21 heavy (non-hydrogen) atoms. The van der Waals surface area contributed by atoms with Gasteiger partial charge >= 0.3 is 7.12 Å². The smallest absolute Gasteiger partial charge is 0.489 e. The summed E-state index contributed by atoms with van der Waals surface area (Å²) in [7, 11) is -1.84. The van der Waals surface area contributed by atoms with Crippen molar-refractivity contribution in [2.24, 2.45) is 0 Å². The Hall–Kier alpha value is -2.43. The molecule has 2 aromatic rings. The highest BCUT2D eigenvalue weighted by atomic mass is 19.1. The van der Waals surface area contributed by atoms with Crippen molar-refractivity contribution in [3.63, 3.8) is 0 Å². The van der Waals surface area contributed by atoms with E-state index in [4.69, 9.17) is 20.0 Å². The van der Waals surface area contributed by atoms with E-state index in [2.05, 4.69) is 0 Å². The molecule has 0 saturated carbocycles. The molecule has 0 radical (unpaired) electrons. The highest BCUT2D eigenvalue weighted by Crippen LogP contribution is 2.16. The summed E-state index contributed by atoms with van der Waals surface area (Å²) in [5.74, 6) is -1.45. The predicted molar refractivity (Wildman–Crippen MR) is 71.7 cm³/mol. The maximum atomic E-state index is 13.8. The zero-order valence-electron chi connectivity index (χ0n) is 10.8. The van der Waals surface area contributed by atoms with Crippen LogP contribution in [0.4, 0.5) is 8.78 Å². The minimum atomic E-state index is -1.84. The number of nitrogens with zero attached hydrogens (tertiary/aromatic N) is 1. The van der Waals surface area contributed by atoms with Gasteiger partial charge in [0.15, 0.2) is 0 Å². The molecule has 2 rings (SSSR count). The predicted octanol–water partition coefficient (Wildman–Crippen LogP) is 1.10. The summed E-state index contributed by atoms with van der Waals surface area (Å²) in [5, 5.41) is 27.1. The van der Waals surface area contributed by atoms with Gasteiger partial charge in [0.2, 0.25) is 0 Å². The first-order valence-corrected chi connectivity index (χ1v) is 5.99. The summed E-state index contributed by atoms with van der Waals surface area (Å²) < 4.78 is 32.2. The van der Waals surface area contributed by atoms with Crippen LogP contribution in [0.5, 0.6) is 5.75 Å². The zero-order chi connectivity index (χ0) is 15.4. The Labute approximate surface area is 120 Å². The van der Waals surface area contributed by atoms with Gasteiger partial charge in [0.05, 0.1) is 5.56 Å². The van der Waals surface area contributed by atoms with Crippen LogP contribution in [-0.4, -0.2) is 17.2 Å². The van der Waals surface area contributed by atoms with E-state index >= 15 is 0 Å². The van der Waals surface area contributed by atoms with Gasteiger partial charge in [0.25, 0.3) is 0 Å². The average Bonchev–Trinajstić information content (AvgIpc) is 2.46. The first kappa shape index (κ1) is 15.0. The van der Waals surface area contributed by atoms with Gasteiger partial charge in [-0.3, -0.25) is 0 Å². The van der Waals surface area contributed by atoms with Crippen LogP contribution in [0.25, 0.3) is 0 Å². The molecule has 7 heteroatoms. The first-order valence-electron chi connectivity index (χ1n) is 5.99.